The first kappa shape index (κ1) is 13.0. The van der Waals surface area contributed by atoms with Gasteiger partial charge in [-0.05, 0) is 6.07 Å². The van der Waals surface area contributed by atoms with E-state index in [0.717, 1.165) is 0 Å². The van der Waals surface area contributed by atoms with Crippen LogP contribution in [0, 0.1) is 17.0 Å². The third-order valence-electron chi connectivity index (χ3n) is 2.79. The number of anilines is 1. The summed E-state index contributed by atoms with van der Waals surface area (Å²) in [5, 5.41) is 17.6. The number of non-ortho nitro benzene ring substituents is 1. The van der Waals surface area contributed by atoms with Crippen LogP contribution in [0.25, 0.3) is 11.1 Å². The second kappa shape index (κ2) is 5.19. The third-order valence-corrected chi connectivity index (χ3v) is 2.79. The van der Waals surface area contributed by atoms with Gasteiger partial charge in [-0.25, -0.2) is 0 Å². The second-order valence-corrected chi connectivity index (χ2v) is 4.31. The molecule has 1 N–H and O–H groups in total. The van der Waals surface area contributed by atoms with Gasteiger partial charge in [0, 0.05) is 26.0 Å². The van der Waals surface area contributed by atoms with Crippen molar-refractivity contribution in [2.75, 3.05) is 11.9 Å². The molecule has 9 heteroatoms. The van der Waals surface area contributed by atoms with Crippen molar-refractivity contribution in [3.05, 3.63) is 40.0 Å². The average Bonchev–Trinajstić information content (AvgIpc) is 3.04. The molecule has 0 atom stereocenters. The molecule has 0 radical (unpaired) electrons. The molecular weight excluding hydrogens is 278 g/mol. The van der Waals surface area contributed by atoms with E-state index in [1.807, 2.05) is 0 Å². The van der Waals surface area contributed by atoms with Crippen molar-refractivity contribution in [1.29, 1.82) is 0 Å². The molecule has 0 saturated heterocycles. The van der Waals surface area contributed by atoms with Gasteiger partial charge in [0.2, 0.25) is 5.89 Å². The van der Waals surface area contributed by atoms with E-state index in [2.05, 4.69) is 20.4 Å². The van der Waals surface area contributed by atoms with Gasteiger partial charge in [0.15, 0.2) is 16.9 Å². The van der Waals surface area contributed by atoms with Crippen molar-refractivity contribution in [3.8, 4) is 0 Å². The highest BCUT2D eigenvalue weighted by Gasteiger charge is 2.17. The molecule has 0 fully saturated rings. The van der Waals surface area contributed by atoms with E-state index in [-0.39, 0.29) is 17.2 Å². The van der Waals surface area contributed by atoms with E-state index in [4.69, 9.17) is 8.94 Å². The number of rotatable bonds is 5. The Hall–Kier alpha value is -2.97. The molecule has 2 heterocycles. The normalized spacial score (nSPS) is 10.9. The van der Waals surface area contributed by atoms with Crippen LogP contribution < -0.4 is 5.32 Å². The zero-order valence-corrected chi connectivity index (χ0v) is 11.1. The monoisotopic (exact) mass is 289 g/mol. The Bertz CT molecular complexity index is 794. The lowest BCUT2D eigenvalue weighted by molar-refractivity contribution is -0.383. The molecule has 1 aromatic carbocycles. The standard InChI is InChI=1S/C12H11N5O4/c1-7-14-10(16-21-7)5-6-13-12-15-11-8(17(18)19)3-2-4-9(11)20-12/h2-4H,5-6H2,1H3,(H,13,15). The van der Waals surface area contributed by atoms with E-state index in [1.165, 1.54) is 6.07 Å². The van der Waals surface area contributed by atoms with Crippen LogP contribution in [0.2, 0.25) is 0 Å². The quantitative estimate of drug-likeness (QED) is 0.559. The van der Waals surface area contributed by atoms with Gasteiger partial charge < -0.3 is 14.3 Å². The van der Waals surface area contributed by atoms with Gasteiger partial charge in [-0.2, -0.15) is 9.97 Å². The molecule has 3 rings (SSSR count). The summed E-state index contributed by atoms with van der Waals surface area (Å²) in [7, 11) is 0. The summed E-state index contributed by atoms with van der Waals surface area (Å²) in [5.74, 6) is 1.07. The molecule has 0 aliphatic heterocycles. The largest absolute Gasteiger partial charge is 0.423 e. The summed E-state index contributed by atoms with van der Waals surface area (Å²) >= 11 is 0. The van der Waals surface area contributed by atoms with Crippen LogP contribution >= 0.6 is 0 Å². The van der Waals surface area contributed by atoms with Crippen molar-refractivity contribution < 1.29 is 13.9 Å². The number of aryl methyl sites for hydroxylation is 1. The predicted molar refractivity (Wildman–Crippen MR) is 71.9 cm³/mol. The van der Waals surface area contributed by atoms with Gasteiger partial charge in [-0.1, -0.05) is 11.2 Å². The minimum absolute atomic E-state index is 0.0851. The van der Waals surface area contributed by atoms with Gasteiger partial charge in [-0.15, -0.1) is 0 Å². The SMILES string of the molecule is Cc1nc(CCNc2nc3c([N+](=O)[O-])cccc3o2)no1. The van der Waals surface area contributed by atoms with E-state index in [0.29, 0.717) is 30.3 Å². The van der Waals surface area contributed by atoms with Crippen LogP contribution in [0.1, 0.15) is 11.7 Å². The van der Waals surface area contributed by atoms with Crippen LogP contribution in [0.15, 0.2) is 27.1 Å². The van der Waals surface area contributed by atoms with Crippen LogP contribution in [0.3, 0.4) is 0 Å². The van der Waals surface area contributed by atoms with Crippen molar-refractivity contribution in [3.63, 3.8) is 0 Å². The summed E-state index contributed by atoms with van der Waals surface area (Å²) in [4.78, 5) is 18.6. The number of hydrogen-bond donors (Lipinski definition) is 1. The highest BCUT2D eigenvalue weighted by atomic mass is 16.6. The number of nitro benzene ring substituents is 1. The Labute approximate surface area is 118 Å². The summed E-state index contributed by atoms with van der Waals surface area (Å²) in [6.07, 6.45) is 0.526. The molecule has 21 heavy (non-hydrogen) atoms. The second-order valence-electron chi connectivity index (χ2n) is 4.31. The lowest BCUT2D eigenvalue weighted by Gasteiger charge is -1.96. The van der Waals surface area contributed by atoms with Crippen LogP contribution in [-0.2, 0) is 6.42 Å². The number of nitrogens with one attached hydrogen (secondary N) is 1. The summed E-state index contributed by atoms with van der Waals surface area (Å²) in [5.41, 5.74) is 0.501. The summed E-state index contributed by atoms with van der Waals surface area (Å²) < 4.78 is 10.3. The Morgan fingerprint density at radius 2 is 2.24 bits per heavy atom. The molecule has 0 unspecified atom stereocenters. The smallest absolute Gasteiger partial charge is 0.298 e. The molecule has 0 aliphatic carbocycles. The van der Waals surface area contributed by atoms with Crippen molar-refractivity contribution in [2.24, 2.45) is 0 Å². The molecule has 0 amide bonds. The van der Waals surface area contributed by atoms with Crippen molar-refractivity contribution >= 4 is 22.8 Å². The minimum Gasteiger partial charge on any atom is -0.423 e. The van der Waals surface area contributed by atoms with Gasteiger partial charge in [0.25, 0.3) is 11.7 Å². The average molecular weight is 289 g/mol. The predicted octanol–water partition coefficient (Wildman–Crippen LogP) is 2.08. The number of oxazole rings is 1. The third kappa shape index (κ3) is 2.66. The number of nitrogens with zero attached hydrogens (tertiary/aromatic N) is 4. The van der Waals surface area contributed by atoms with Gasteiger partial charge in [0.1, 0.15) is 0 Å². The maximum absolute atomic E-state index is 10.9. The van der Waals surface area contributed by atoms with E-state index >= 15 is 0 Å². The lowest BCUT2D eigenvalue weighted by atomic mass is 10.3. The van der Waals surface area contributed by atoms with Gasteiger partial charge in [0.05, 0.1) is 4.92 Å². The van der Waals surface area contributed by atoms with Gasteiger partial charge in [-0.3, -0.25) is 10.1 Å². The maximum atomic E-state index is 10.9. The topological polar surface area (TPSA) is 120 Å². The Morgan fingerprint density at radius 3 is 2.95 bits per heavy atom. The minimum atomic E-state index is -0.489. The number of para-hydroxylation sites is 1. The highest BCUT2D eigenvalue weighted by molar-refractivity contribution is 5.83. The molecule has 0 spiro atoms. The molecule has 3 aromatic rings. The highest BCUT2D eigenvalue weighted by Crippen LogP contribution is 2.27. The fourth-order valence-electron chi connectivity index (χ4n) is 1.88. The number of benzene rings is 1. The van der Waals surface area contributed by atoms with Crippen LogP contribution in [0.4, 0.5) is 11.7 Å². The molecule has 108 valence electrons. The number of hydrogen-bond acceptors (Lipinski definition) is 8. The summed E-state index contributed by atoms with van der Waals surface area (Å²) in [6.45, 7) is 2.18. The first-order valence-corrected chi connectivity index (χ1v) is 6.20. The van der Waals surface area contributed by atoms with Gasteiger partial charge >= 0.3 is 0 Å². The van der Waals surface area contributed by atoms with E-state index in [1.54, 1.807) is 19.1 Å². The fourth-order valence-corrected chi connectivity index (χ4v) is 1.88. The molecule has 0 aliphatic rings. The molecule has 9 nitrogen and oxygen atoms in total. The zero-order valence-electron chi connectivity index (χ0n) is 11.1. The number of aromatic nitrogens is 3. The number of nitro groups is 1. The molecule has 2 aromatic heterocycles. The molecular formula is C12H11N5O4. The number of fused-ring (bicyclic) bond motifs is 1. The first-order valence-electron chi connectivity index (χ1n) is 6.20. The Balaban J connectivity index is 1.73. The lowest BCUT2D eigenvalue weighted by Crippen LogP contribution is -2.06. The Kier molecular flexibility index (Phi) is 3.22. The van der Waals surface area contributed by atoms with Crippen LogP contribution in [-0.4, -0.2) is 26.6 Å². The molecule has 0 saturated carbocycles. The Morgan fingerprint density at radius 1 is 1.38 bits per heavy atom. The maximum Gasteiger partial charge on any atom is 0.298 e. The summed E-state index contributed by atoms with van der Waals surface area (Å²) in [6, 6.07) is 4.79. The zero-order chi connectivity index (χ0) is 14.8. The molecule has 0 bridgehead atoms. The first-order chi connectivity index (χ1) is 10.1. The van der Waals surface area contributed by atoms with Crippen molar-refractivity contribution in [1.82, 2.24) is 15.1 Å². The fraction of sp³-hybridized carbons (Fsp3) is 0.250. The van der Waals surface area contributed by atoms with Crippen LogP contribution in [0.5, 0.6) is 0 Å². The van der Waals surface area contributed by atoms with Crippen molar-refractivity contribution in [2.45, 2.75) is 13.3 Å². The van der Waals surface area contributed by atoms with E-state index in [9.17, 15) is 10.1 Å². The van der Waals surface area contributed by atoms with E-state index < -0.39 is 4.92 Å².